The summed E-state index contributed by atoms with van der Waals surface area (Å²) in [6.45, 7) is 2.05. The fraction of sp³-hybridized carbons (Fsp3) is 0.111. The van der Waals surface area contributed by atoms with Crippen LogP contribution in [0.25, 0.3) is 27.6 Å². The van der Waals surface area contributed by atoms with Crippen LogP contribution in [0.4, 0.5) is 0 Å². The van der Waals surface area contributed by atoms with Crippen molar-refractivity contribution in [1.29, 1.82) is 0 Å². The monoisotopic (exact) mass is 353 g/mol. The molecule has 24 heavy (non-hydrogen) atoms. The number of pyridine rings is 1. The highest BCUT2D eigenvalue weighted by molar-refractivity contribution is 7.84. The molecule has 0 bridgehead atoms. The lowest BCUT2D eigenvalue weighted by Crippen LogP contribution is -1.92. The van der Waals surface area contributed by atoms with Crippen LogP contribution in [0.1, 0.15) is 5.56 Å². The van der Waals surface area contributed by atoms with E-state index < -0.39 is 10.8 Å². The Kier molecular flexibility index (Phi) is 3.78. The third kappa shape index (κ3) is 2.57. The van der Waals surface area contributed by atoms with Gasteiger partial charge < -0.3 is 0 Å². The van der Waals surface area contributed by atoms with Gasteiger partial charge in [0.05, 0.1) is 11.4 Å². The number of fused-ring (bicyclic) bond motifs is 1. The predicted octanol–water partition coefficient (Wildman–Crippen LogP) is 4.17. The van der Waals surface area contributed by atoms with E-state index in [1.165, 1.54) is 0 Å². The standard InChI is InChI=1S/C18H15N3OS2/c1-12-7-8-19-15(11-12)16-17(21-9-10-23-18(21)20-16)13-3-5-14(6-4-13)24(2)22/h3-11H,1-2H3. The van der Waals surface area contributed by atoms with Crippen LogP contribution in [0.15, 0.2) is 59.1 Å². The number of imidazole rings is 1. The molecule has 0 N–H and O–H groups in total. The van der Waals surface area contributed by atoms with Crippen LogP contribution in [-0.2, 0) is 10.8 Å². The number of hydrogen-bond donors (Lipinski definition) is 0. The van der Waals surface area contributed by atoms with Crippen LogP contribution in [-0.4, -0.2) is 24.8 Å². The molecule has 3 heterocycles. The van der Waals surface area contributed by atoms with Gasteiger partial charge in [0.2, 0.25) is 0 Å². The molecule has 1 atom stereocenters. The molecule has 1 unspecified atom stereocenters. The van der Waals surface area contributed by atoms with Crippen molar-refractivity contribution >= 4 is 27.1 Å². The summed E-state index contributed by atoms with van der Waals surface area (Å²) in [4.78, 5) is 11.0. The Balaban J connectivity index is 1.94. The molecule has 0 saturated carbocycles. The fourth-order valence-electron chi connectivity index (χ4n) is 2.71. The van der Waals surface area contributed by atoms with Crippen molar-refractivity contribution in [3.8, 4) is 22.6 Å². The summed E-state index contributed by atoms with van der Waals surface area (Å²) in [5, 5.41) is 2.02. The largest absolute Gasteiger partial charge is 0.290 e. The molecular formula is C18H15N3OS2. The van der Waals surface area contributed by atoms with Gasteiger partial charge in [0, 0.05) is 45.3 Å². The molecule has 0 aliphatic rings. The first kappa shape index (κ1) is 15.2. The summed E-state index contributed by atoms with van der Waals surface area (Å²) >= 11 is 1.60. The number of hydrogen-bond acceptors (Lipinski definition) is 4. The molecule has 4 aromatic rings. The van der Waals surface area contributed by atoms with Crippen LogP contribution < -0.4 is 0 Å². The quantitative estimate of drug-likeness (QED) is 0.555. The first-order valence-electron chi connectivity index (χ1n) is 7.46. The summed E-state index contributed by atoms with van der Waals surface area (Å²) in [7, 11) is -0.981. The lowest BCUT2D eigenvalue weighted by Gasteiger charge is -2.06. The van der Waals surface area contributed by atoms with Gasteiger partial charge in [0.25, 0.3) is 0 Å². The molecule has 3 aromatic heterocycles. The number of benzene rings is 1. The highest BCUT2D eigenvalue weighted by Gasteiger charge is 2.17. The van der Waals surface area contributed by atoms with Crippen molar-refractivity contribution in [3.05, 3.63) is 59.7 Å². The molecular weight excluding hydrogens is 338 g/mol. The highest BCUT2D eigenvalue weighted by Crippen LogP contribution is 2.33. The summed E-state index contributed by atoms with van der Waals surface area (Å²) in [6.07, 6.45) is 5.52. The zero-order valence-electron chi connectivity index (χ0n) is 13.3. The Hall–Kier alpha value is -2.31. The van der Waals surface area contributed by atoms with E-state index in [1.807, 2.05) is 54.2 Å². The molecule has 120 valence electrons. The van der Waals surface area contributed by atoms with Gasteiger partial charge in [0.1, 0.15) is 5.69 Å². The summed E-state index contributed by atoms with van der Waals surface area (Å²) in [6, 6.07) is 11.8. The highest BCUT2D eigenvalue weighted by atomic mass is 32.2. The van der Waals surface area contributed by atoms with Gasteiger partial charge in [-0.1, -0.05) is 12.1 Å². The molecule has 1 aromatic carbocycles. The SMILES string of the molecule is Cc1ccnc(-c2nc3sccn3c2-c2ccc(S(C)=O)cc2)c1. The van der Waals surface area contributed by atoms with E-state index in [-0.39, 0.29) is 0 Å². The van der Waals surface area contributed by atoms with Crippen LogP contribution in [0.2, 0.25) is 0 Å². The lowest BCUT2D eigenvalue weighted by atomic mass is 10.1. The molecule has 6 heteroatoms. The molecule has 0 aliphatic carbocycles. The van der Waals surface area contributed by atoms with Crippen molar-refractivity contribution < 1.29 is 4.21 Å². The van der Waals surface area contributed by atoms with Crippen molar-refractivity contribution in [3.63, 3.8) is 0 Å². The Morgan fingerprint density at radius 3 is 2.67 bits per heavy atom. The Morgan fingerprint density at radius 2 is 1.96 bits per heavy atom. The molecule has 0 saturated heterocycles. The molecule has 0 radical (unpaired) electrons. The normalized spacial score (nSPS) is 12.6. The molecule has 0 aliphatic heterocycles. The van der Waals surface area contributed by atoms with Gasteiger partial charge in [0.15, 0.2) is 4.96 Å². The second-order valence-corrected chi connectivity index (χ2v) is 7.81. The molecule has 4 nitrogen and oxygen atoms in total. The maximum absolute atomic E-state index is 11.6. The zero-order chi connectivity index (χ0) is 16.7. The van der Waals surface area contributed by atoms with E-state index >= 15 is 0 Å². The minimum Gasteiger partial charge on any atom is -0.290 e. The van der Waals surface area contributed by atoms with Gasteiger partial charge >= 0.3 is 0 Å². The Morgan fingerprint density at radius 1 is 1.17 bits per heavy atom. The van der Waals surface area contributed by atoms with Crippen molar-refractivity contribution in [2.24, 2.45) is 0 Å². The van der Waals surface area contributed by atoms with Gasteiger partial charge in [-0.25, -0.2) is 4.98 Å². The fourth-order valence-corrected chi connectivity index (χ4v) is 3.94. The number of rotatable bonds is 3. The minimum absolute atomic E-state index is 0.819. The van der Waals surface area contributed by atoms with Crippen molar-refractivity contribution in [2.75, 3.05) is 6.26 Å². The third-order valence-electron chi connectivity index (χ3n) is 3.88. The minimum atomic E-state index is -0.981. The summed E-state index contributed by atoms with van der Waals surface area (Å²) in [5.74, 6) is 0. The second-order valence-electron chi connectivity index (χ2n) is 5.56. The van der Waals surface area contributed by atoms with Crippen LogP contribution in [0.3, 0.4) is 0 Å². The predicted molar refractivity (Wildman–Crippen MR) is 98.8 cm³/mol. The van der Waals surface area contributed by atoms with E-state index in [9.17, 15) is 4.21 Å². The second kappa shape index (κ2) is 5.96. The molecule has 0 fully saturated rings. The number of aryl methyl sites for hydroxylation is 1. The van der Waals surface area contributed by atoms with E-state index in [1.54, 1.807) is 17.6 Å². The van der Waals surface area contributed by atoms with E-state index in [0.29, 0.717) is 0 Å². The molecule has 0 amide bonds. The van der Waals surface area contributed by atoms with Crippen molar-refractivity contribution in [2.45, 2.75) is 11.8 Å². The summed E-state index contributed by atoms with van der Waals surface area (Å²) in [5.41, 5.74) is 4.94. The Labute approximate surface area is 146 Å². The first-order valence-corrected chi connectivity index (χ1v) is 9.90. The smallest absolute Gasteiger partial charge is 0.194 e. The lowest BCUT2D eigenvalue weighted by molar-refractivity contribution is 0.687. The molecule has 0 spiro atoms. The van der Waals surface area contributed by atoms with Crippen LogP contribution in [0.5, 0.6) is 0 Å². The maximum Gasteiger partial charge on any atom is 0.194 e. The van der Waals surface area contributed by atoms with Gasteiger partial charge in [-0.05, 0) is 36.8 Å². The van der Waals surface area contributed by atoms with E-state index in [0.717, 1.165) is 38.1 Å². The topological polar surface area (TPSA) is 47.3 Å². The average Bonchev–Trinajstić information content (AvgIpc) is 3.15. The third-order valence-corrected chi connectivity index (χ3v) is 5.57. The van der Waals surface area contributed by atoms with Gasteiger partial charge in [-0.2, -0.15) is 0 Å². The number of aromatic nitrogens is 3. The number of nitrogens with zero attached hydrogens (tertiary/aromatic N) is 3. The van der Waals surface area contributed by atoms with Gasteiger partial charge in [-0.15, -0.1) is 11.3 Å². The number of thiazole rings is 1. The van der Waals surface area contributed by atoms with Crippen LogP contribution >= 0.6 is 11.3 Å². The summed E-state index contributed by atoms with van der Waals surface area (Å²) < 4.78 is 13.7. The van der Waals surface area contributed by atoms with E-state index in [2.05, 4.69) is 16.3 Å². The maximum atomic E-state index is 11.6. The zero-order valence-corrected chi connectivity index (χ0v) is 14.9. The van der Waals surface area contributed by atoms with Gasteiger partial charge in [-0.3, -0.25) is 13.6 Å². The van der Waals surface area contributed by atoms with E-state index in [4.69, 9.17) is 4.98 Å². The van der Waals surface area contributed by atoms with Crippen LogP contribution in [0, 0.1) is 6.92 Å². The average molecular weight is 353 g/mol. The Bertz CT molecular complexity index is 1050. The first-order chi connectivity index (χ1) is 11.6. The van der Waals surface area contributed by atoms with Crippen molar-refractivity contribution in [1.82, 2.24) is 14.4 Å². The molecule has 4 rings (SSSR count).